The lowest BCUT2D eigenvalue weighted by Crippen LogP contribution is -2.24. The van der Waals surface area contributed by atoms with Gasteiger partial charge in [0.15, 0.2) is 0 Å². The summed E-state index contributed by atoms with van der Waals surface area (Å²) in [7, 11) is 0. The molecule has 1 heteroatoms. The van der Waals surface area contributed by atoms with Crippen LogP contribution in [0.5, 0.6) is 0 Å². The first kappa shape index (κ1) is 8.06. The Bertz CT molecular complexity index is 90.7. The summed E-state index contributed by atoms with van der Waals surface area (Å²) in [4.78, 5) is 0. The molecule has 1 fully saturated rings. The largest absolute Gasteiger partial charge is 0.327 e. The lowest BCUT2D eigenvalue weighted by Gasteiger charge is -2.13. The van der Waals surface area contributed by atoms with E-state index in [4.69, 9.17) is 5.73 Å². The molecule has 1 saturated carbocycles. The van der Waals surface area contributed by atoms with E-state index in [9.17, 15) is 0 Å². The SMILES string of the molecule is CCCC[C@H]1CCC[C@@H]1N. The van der Waals surface area contributed by atoms with Crippen LogP contribution in [0.15, 0.2) is 0 Å². The second-order valence-electron chi connectivity index (χ2n) is 3.50. The van der Waals surface area contributed by atoms with Crippen molar-refractivity contribution in [3.63, 3.8) is 0 Å². The third-order valence-electron chi connectivity index (χ3n) is 2.65. The maximum Gasteiger partial charge on any atom is 0.00671 e. The van der Waals surface area contributed by atoms with Crippen molar-refractivity contribution >= 4 is 0 Å². The first-order valence-electron chi connectivity index (χ1n) is 4.60. The van der Waals surface area contributed by atoms with Gasteiger partial charge >= 0.3 is 0 Å². The van der Waals surface area contributed by atoms with E-state index < -0.39 is 0 Å². The fourth-order valence-corrected chi connectivity index (χ4v) is 1.89. The summed E-state index contributed by atoms with van der Waals surface area (Å²) >= 11 is 0. The summed E-state index contributed by atoms with van der Waals surface area (Å²) in [5, 5.41) is 0. The van der Waals surface area contributed by atoms with Crippen molar-refractivity contribution in [1.29, 1.82) is 0 Å². The van der Waals surface area contributed by atoms with Gasteiger partial charge in [0.05, 0.1) is 0 Å². The predicted octanol–water partition coefficient (Wildman–Crippen LogP) is 2.30. The first-order valence-corrected chi connectivity index (χ1v) is 4.60. The van der Waals surface area contributed by atoms with Gasteiger partial charge in [-0.05, 0) is 25.2 Å². The van der Waals surface area contributed by atoms with Crippen molar-refractivity contribution in [3.8, 4) is 0 Å². The minimum Gasteiger partial charge on any atom is -0.327 e. The molecule has 10 heavy (non-hydrogen) atoms. The molecule has 0 aromatic carbocycles. The number of hydrogen-bond acceptors (Lipinski definition) is 1. The molecule has 2 N–H and O–H groups in total. The highest BCUT2D eigenvalue weighted by Gasteiger charge is 2.22. The topological polar surface area (TPSA) is 26.0 Å². The molecule has 1 nitrogen and oxygen atoms in total. The monoisotopic (exact) mass is 141 g/mol. The fraction of sp³-hybridized carbons (Fsp3) is 1.00. The highest BCUT2D eigenvalue weighted by Crippen LogP contribution is 2.27. The molecule has 2 atom stereocenters. The summed E-state index contributed by atoms with van der Waals surface area (Å²) in [6, 6.07) is 0.534. The van der Waals surface area contributed by atoms with Gasteiger partial charge in [0.25, 0.3) is 0 Å². The average Bonchev–Trinajstić information content (AvgIpc) is 2.31. The maximum atomic E-state index is 5.92. The van der Waals surface area contributed by atoms with Crippen LogP contribution in [0.25, 0.3) is 0 Å². The summed E-state index contributed by atoms with van der Waals surface area (Å²) in [6.45, 7) is 2.25. The number of rotatable bonds is 3. The van der Waals surface area contributed by atoms with Crippen molar-refractivity contribution < 1.29 is 0 Å². The third kappa shape index (κ3) is 1.98. The lowest BCUT2D eigenvalue weighted by molar-refractivity contribution is 0.431. The molecule has 1 rings (SSSR count). The van der Waals surface area contributed by atoms with Crippen LogP contribution in [0, 0.1) is 5.92 Å². The van der Waals surface area contributed by atoms with Gasteiger partial charge in [0.2, 0.25) is 0 Å². The fourth-order valence-electron chi connectivity index (χ4n) is 1.89. The van der Waals surface area contributed by atoms with Crippen molar-refractivity contribution in [2.45, 2.75) is 51.5 Å². The van der Waals surface area contributed by atoms with Crippen LogP contribution in [0.3, 0.4) is 0 Å². The molecule has 0 aromatic heterocycles. The Hall–Kier alpha value is -0.0400. The van der Waals surface area contributed by atoms with E-state index in [0.717, 1.165) is 5.92 Å². The average molecular weight is 141 g/mol. The third-order valence-corrected chi connectivity index (χ3v) is 2.65. The zero-order chi connectivity index (χ0) is 7.40. The van der Waals surface area contributed by atoms with Crippen molar-refractivity contribution in [2.24, 2.45) is 11.7 Å². The Labute approximate surface area is 64.0 Å². The van der Waals surface area contributed by atoms with Crippen LogP contribution < -0.4 is 5.73 Å². The van der Waals surface area contributed by atoms with E-state index in [1.807, 2.05) is 0 Å². The molecular formula is C9H19N. The minimum absolute atomic E-state index is 0.534. The van der Waals surface area contributed by atoms with Crippen molar-refractivity contribution in [3.05, 3.63) is 0 Å². The molecule has 1 aliphatic carbocycles. The molecule has 1 aliphatic rings. The van der Waals surface area contributed by atoms with Gasteiger partial charge in [-0.15, -0.1) is 0 Å². The van der Waals surface area contributed by atoms with E-state index >= 15 is 0 Å². The van der Waals surface area contributed by atoms with Gasteiger partial charge < -0.3 is 5.73 Å². The predicted molar refractivity (Wildman–Crippen MR) is 44.8 cm³/mol. The molecule has 0 spiro atoms. The van der Waals surface area contributed by atoms with E-state index in [2.05, 4.69) is 6.92 Å². The second kappa shape index (κ2) is 3.97. The molecule has 0 aliphatic heterocycles. The van der Waals surface area contributed by atoms with Crippen molar-refractivity contribution in [1.82, 2.24) is 0 Å². The quantitative estimate of drug-likeness (QED) is 0.641. The Balaban J connectivity index is 2.14. The van der Waals surface area contributed by atoms with E-state index in [0.29, 0.717) is 6.04 Å². The number of unbranched alkanes of at least 4 members (excludes halogenated alkanes) is 1. The van der Waals surface area contributed by atoms with Gasteiger partial charge in [0.1, 0.15) is 0 Å². The molecule has 0 radical (unpaired) electrons. The molecule has 0 aromatic rings. The van der Waals surface area contributed by atoms with Crippen molar-refractivity contribution in [2.75, 3.05) is 0 Å². The highest BCUT2D eigenvalue weighted by molar-refractivity contribution is 4.79. The first-order chi connectivity index (χ1) is 4.84. The van der Waals surface area contributed by atoms with Gasteiger partial charge in [-0.2, -0.15) is 0 Å². The van der Waals surface area contributed by atoms with Crippen LogP contribution in [0.4, 0.5) is 0 Å². The van der Waals surface area contributed by atoms with Crippen LogP contribution >= 0.6 is 0 Å². The second-order valence-corrected chi connectivity index (χ2v) is 3.50. The molecule has 0 bridgehead atoms. The molecular weight excluding hydrogens is 122 g/mol. The number of hydrogen-bond donors (Lipinski definition) is 1. The summed E-state index contributed by atoms with van der Waals surface area (Å²) < 4.78 is 0. The van der Waals surface area contributed by atoms with Crippen LogP contribution in [0.2, 0.25) is 0 Å². The normalized spacial score (nSPS) is 33.0. The van der Waals surface area contributed by atoms with Crippen LogP contribution in [-0.4, -0.2) is 6.04 Å². The van der Waals surface area contributed by atoms with Crippen LogP contribution in [-0.2, 0) is 0 Å². The Morgan fingerprint density at radius 3 is 2.70 bits per heavy atom. The molecule has 0 amide bonds. The Morgan fingerprint density at radius 2 is 2.20 bits per heavy atom. The molecule has 0 saturated heterocycles. The summed E-state index contributed by atoms with van der Waals surface area (Å²) in [6.07, 6.45) is 8.10. The lowest BCUT2D eigenvalue weighted by atomic mass is 9.98. The van der Waals surface area contributed by atoms with E-state index in [-0.39, 0.29) is 0 Å². The maximum absolute atomic E-state index is 5.92. The van der Waals surface area contributed by atoms with E-state index in [1.54, 1.807) is 0 Å². The van der Waals surface area contributed by atoms with Gasteiger partial charge in [-0.1, -0.05) is 26.2 Å². The van der Waals surface area contributed by atoms with Gasteiger partial charge in [0, 0.05) is 6.04 Å². The van der Waals surface area contributed by atoms with Gasteiger partial charge in [-0.25, -0.2) is 0 Å². The van der Waals surface area contributed by atoms with Crippen LogP contribution in [0.1, 0.15) is 45.4 Å². The standard InChI is InChI=1S/C9H19N/c1-2-3-5-8-6-4-7-9(8)10/h8-9H,2-7,10H2,1H3/t8-,9-/m0/s1. The zero-order valence-corrected chi connectivity index (χ0v) is 6.97. The van der Waals surface area contributed by atoms with E-state index in [1.165, 1.54) is 38.5 Å². The Morgan fingerprint density at radius 1 is 1.40 bits per heavy atom. The van der Waals surface area contributed by atoms with Gasteiger partial charge in [-0.3, -0.25) is 0 Å². The highest BCUT2D eigenvalue weighted by atomic mass is 14.7. The Kier molecular flexibility index (Phi) is 3.20. The zero-order valence-electron chi connectivity index (χ0n) is 6.97. The molecule has 60 valence electrons. The summed E-state index contributed by atoms with van der Waals surface area (Å²) in [5.41, 5.74) is 5.92. The smallest absolute Gasteiger partial charge is 0.00671 e. The number of nitrogens with two attached hydrogens (primary N) is 1. The minimum atomic E-state index is 0.534. The summed E-state index contributed by atoms with van der Waals surface area (Å²) in [5.74, 6) is 0.861. The molecule has 0 heterocycles. The molecule has 0 unspecified atom stereocenters.